The van der Waals surface area contributed by atoms with Crippen molar-refractivity contribution >= 4 is 17.7 Å². The molecular formula is C27H30F3N3O5. The number of amides is 3. The third-order valence-electron chi connectivity index (χ3n) is 6.96. The second-order valence-electron chi connectivity index (χ2n) is 9.54. The Bertz CT molecular complexity index is 1180. The second kappa shape index (κ2) is 11.3. The lowest BCUT2D eigenvalue weighted by Crippen LogP contribution is -2.55. The van der Waals surface area contributed by atoms with Crippen molar-refractivity contribution in [2.45, 2.75) is 51.4 Å². The maximum absolute atomic E-state index is 13.2. The number of piperidine rings is 1. The van der Waals surface area contributed by atoms with Crippen molar-refractivity contribution in [1.82, 2.24) is 15.5 Å². The Kier molecular flexibility index (Phi) is 8.13. The van der Waals surface area contributed by atoms with Crippen molar-refractivity contribution in [3.63, 3.8) is 0 Å². The first kappa shape index (κ1) is 27.3. The average molecular weight is 534 g/mol. The van der Waals surface area contributed by atoms with Gasteiger partial charge in [0.1, 0.15) is 6.04 Å². The van der Waals surface area contributed by atoms with Crippen molar-refractivity contribution < 1.29 is 37.0 Å². The van der Waals surface area contributed by atoms with Gasteiger partial charge in [-0.2, -0.15) is 13.2 Å². The topological polar surface area (TPSA) is 97.0 Å². The number of nitrogens with one attached hydrogen (secondary N) is 2. The lowest BCUT2D eigenvalue weighted by atomic mass is 9.88. The fourth-order valence-corrected chi connectivity index (χ4v) is 4.51. The van der Waals surface area contributed by atoms with Crippen LogP contribution in [0.5, 0.6) is 11.5 Å². The van der Waals surface area contributed by atoms with Crippen LogP contribution < -0.4 is 20.1 Å². The van der Waals surface area contributed by atoms with E-state index >= 15 is 0 Å². The number of carbonyl (C=O) groups excluding carboxylic acids is 3. The van der Waals surface area contributed by atoms with E-state index in [9.17, 15) is 27.6 Å². The summed E-state index contributed by atoms with van der Waals surface area (Å²) in [4.78, 5) is 40.7. The molecule has 0 spiro atoms. The average Bonchev–Trinajstić information content (AvgIpc) is 3.39. The van der Waals surface area contributed by atoms with Crippen LogP contribution >= 0.6 is 0 Å². The molecule has 11 heteroatoms. The van der Waals surface area contributed by atoms with Gasteiger partial charge in [-0.3, -0.25) is 14.4 Å². The van der Waals surface area contributed by atoms with E-state index in [1.165, 1.54) is 12.1 Å². The summed E-state index contributed by atoms with van der Waals surface area (Å²) in [6.45, 7) is 4.50. The van der Waals surface area contributed by atoms with Gasteiger partial charge in [0.2, 0.25) is 12.7 Å². The van der Waals surface area contributed by atoms with Gasteiger partial charge < -0.3 is 25.0 Å². The van der Waals surface area contributed by atoms with Crippen LogP contribution in [0.15, 0.2) is 42.5 Å². The van der Waals surface area contributed by atoms with E-state index in [2.05, 4.69) is 10.6 Å². The third kappa shape index (κ3) is 6.20. The zero-order valence-corrected chi connectivity index (χ0v) is 21.1. The molecule has 0 radical (unpaired) electrons. The van der Waals surface area contributed by atoms with Gasteiger partial charge >= 0.3 is 6.18 Å². The maximum Gasteiger partial charge on any atom is 0.416 e. The smallest absolute Gasteiger partial charge is 0.416 e. The Morgan fingerprint density at radius 2 is 1.61 bits per heavy atom. The Labute approximate surface area is 218 Å². The molecule has 2 aliphatic heterocycles. The summed E-state index contributed by atoms with van der Waals surface area (Å²) in [6, 6.07) is 8.00. The number of nitrogens with zero attached hydrogens (tertiary/aromatic N) is 1. The van der Waals surface area contributed by atoms with Gasteiger partial charge in [0.05, 0.1) is 5.56 Å². The Morgan fingerprint density at radius 3 is 2.24 bits per heavy atom. The van der Waals surface area contributed by atoms with Crippen molar-refractivity contribution in [3.8, 4) is 11.5 Å². The maximum atomic E-state index is 13.2. The van der Waals surface area contributed by atoms with Crippen LogP contribution in [0.4, 0.5) is 13.2 Å². The van der Waals surface area contributed by atoms with Crippen LogP contribution in [0.3, 0.4) is 0 Å². The summed E-state index contributed by atoms with van der Waals surface area (Å²) in [5.74, 6) is -0.362. The molecule has 1 fully saturated rings. The van der Waals surface area contributed by atoms with Gasteiger partial charge in [-0.25, -0.2) is 0 Å². The minimum Gasteiger partial charge on any atom is -0.454 e. The van der Waals surface area contributed by atoms with Crippen LogP contribution in [-0.4, -0.2) is 54.6 Å². The van der Waals surface area contributed by atoms with Crippen molar-refractivity contribution in [2.24, 2.45) is 5.92 Å². The molecule has 2 atom stereocenters. The van der Waals surface area contributed by atoms with Crippen molar-refractivity contribution in [3.05, 3.63) is 59.2 Å². The SMILES string of the molecule is CC[C@@H](C)NC(=O)[C@H](NC(=O)c1ccc2c(c1)OCO2)C1CCN(C(=O)c2ccc(C(F)(F)F)cc2)CC1. The molecular weight excluding hydrogens is 503 g/mol. The predicted molar refractivity (Wildman–Crippen MR) is 132 cm³/mol. The molecule has 0 aliphatic carbocycles. The summed E-state index contributed by atoms with van der Waals surface area (Å²) < 4.78 is 49.2. The van der Waals surface area contributed by atoms with E-state index in [-0.39, 0.29) is 36.1 Å². The van der Waals surface area contributed by atoms with E-state index in [0.29, 0.717) is 49.4 Å². The van der Waals surface area contributed by atoms with Gasteiger partial charge in [-0.05, 0) is 74.6 Å². The Balaban J connectivity index is 1.43. The zero-order chi connectivity index (χ0) is 27.4. The first-order valence-electron chi connectivity index (χ1n) is 12.5. The van der Waals surface area contributed by atoms with E-state index in [1.807, 2.05) is 13.8 Å². The zero-order valence-electron chi connectivity index (χ0n) is 21.1. The summed E-state index contributed by atoms with van der Waals surface area (Å²) in [7, 11) is 0. The number of carbonyl (C=O) groups is 3. The lowest BCUT2D eigenvalue weighted by Gasteiger charge is -2.36. The van der Waals surface area contributed by atoms with Gasteiger partial charge in [-0.15, -0.1) is 0 Å². The number of hydrogen-bond donors (Lipinski definition) is 2. The Hall–Kier alpha value is -3.76. The molecule has 3 amide bonds. The van der Waals surface area contributed by atoms with E-state index < -0.39 is 23.7 Å². The molecule has 2 N–H and O–H groups in total. The summed E-state index contributed by atoms with van der Waals surface area (Å²) >= 11 is 0. The third-order valence-corrected chi connectivity index (χ3v) is 6.96. The highest BCUT2D eigenvalue weighted by Crippen LogP contribution is 2.33. The number of alkyl halides is 3. The highest BCUT2D eigenvalue weighted by atomic mass is 19.4. The highest BCUT2D eigenvalue weighted by molar-refractivity contribution is 5.98. The Morgan fingerprint density at radius 1 is 0.974 bits per heavy atom. The largest absolute Gasteiger partial charge is 0.454 e. The van der Waals surface area contributed by atoms with Gasteiger partial charge in [-0.1, -0.05) is 6.92 Å². The number of hydrogen-bond acceptors (Lipinski definition) is 5. The fraction of sp³-hybridized carbons (Fsp3) is 0.444. The second-order valence-corrected chi connectivity index (χ2v) is 9.54. The summed E-state index contributed by atoms with van der Waals surface area (Å²) in [6.07, 6.45) is -2.89. The molecule has 204 valence electrons. The minimum absolute atomic E-state index is 0.0735. The molecule has 0 aromatic heterocycles. The molecule has 0 unspecified atom stereocenters. The van der Waals surface area contributed by atoms with Crippen molar-refractivity contribution in [2.75, 3.05) is 19.9 Å². The quantitative estimate of drug-likeness (QED) is 0.561. The molecule has 8 nitrogen and oxygen atoms in total. The van der Waals surface area contributed by atoms with Gasteiger partial charge in [0.25, 0.3) is 11.8 Å². The minimum atomic E-state index is -4.48. The van der Waals surface area contributed by atoms with Crippen LogP contribution in [0, 0.1) is 5.92 Å². The van der Waals surface area contributed by atoms with Crippen LogP contribution in [0.2, 0.25) is 0 Å². The van der Waals surface area contributed by atoms with E-state index in [1.54, 1.807) is 23.1 Å². The van der Waals surface area contributed by atoms with Crippen LogP contribution in [0.1, 0.15) is 59.4 Å². The number of benzene rings is 2. The van der Waals surface area contributed by atoms with Crippen molar-refractivity contribution in [1.29, 1.82) is 0 Å². The molecule has 38 heavy (non-hydrogen) atoms. The molecule has 2 aliphatic rings. The van der Waals surface area contributed by atoms with Gasteiger partial charge in [0.15, 0.2) is 11.5 Å². The predicted octanol–water partition coefficient (Wildman–Crippen LogP) is 4.00. The molecule has 2 heterocycles. The monoisotopic (exact) mass is 533 g/mol. The summed E-state index contributed by atoms with van der Waals surface area (Å²) in [5.41, 5.74) is -0.328. The first-order valence-corrected chi connectivity index (χ1v) is 12.5. The molecule has 2 aromatic carbocycles. The normalized spacial score (nSPS) is 17.0. The fourth-order valence-electron chi connectivity index (χ4n) is 4.51. The molecule has 0 saturated carbocycles. The molecule has 0 bridgehead atoms. The standard InChI is InChI=1S/C27H30F3N3O5/c1-3-16(2)31-25(35)23(32-24(34)19-6-9-21-22(14-19)38-15-37-21)17-10-12-33(13-11-17)26(36)18-4-7-20(8-5-18)27(28,29)30/h4-9,14,16-17,23H,3,10-13,15H2,1-2H3,(H,31,35)(H,32,34)/t16-,23-/m1/s1. The number of fused-ring (bicyclic) bond motifs is 1. The molecule has 2 aromatic rings. The van der Waals surface area contributed by atoms with Crippen LogP contribution in [0.25, 0.3) is 0 Å². The highest BCUT2D eigenvalue weighted by Gasteiger charge is 2.35. The number of rotatable bonds is 7. The number of likely N-dealkylation sites (tertiary alicyclic amines) is 1. The number of ether oxygens (including phenoxy) is 2. The summed E-state index contributed by atoms with van der Waals surface area (Å²) in [5, 5.41) is 5.79. The lowest BCUT2D eigenvalue weighted by molar-refractivity contribution is -0.137. The van der Waals surface area contributed by atoms with Crippen LogP contribution in [-0.2, 0) is 11.0 Å². The van der Waals surface area contributed by atoms with E-state index in [4.69, 9.17) is 9.47 Å². The van der Waals surface area contributed by atoms with Gasteiger partial charge in [0, 0.05) is 30.3 Å². The molecule has 1 saturated heterocycles. The first-order chi connectivity index (χ1) is 18.1. The van der Waals surface area contributed by atoms with E-state index in [0.717, 1.165) is 12.1 Å². The number of halogens is 3. The molecule has 4 rings (SSSR count).